The first-order valence-corrected chi connectivity index (χ1v) is 7.98. The van der Waals surface area contributed by atoms with Crippen LogP contribution in [0.2, 0.25) is 0 Å². The van der Waals surface area contributed by atoms with Crippen LogP contribution in [0, 0.1) is 0 Å². The number of nitrogens with two attached hydrogens (primary N) is 1. The van der Waals surface area contributed by atoms with Gasteiger partial charge in [0.15, 0.2) is 0 Å². The minimum Gasteiger partial charge on any atom is -0.389 e. The summed E-state index contributed by atoms with van der Waals surface area (Å²) in [5.74, 6) is 0.430. The van der Waals surface area contributed by atoms with Crippen LogP contribution >= 0.6 is 11.3 Å². The Balaban J connectivity index is 2.03. The normalized spacial score (nSPS) is 14.7. The van der Waals surface area contributed by atoms with E-state index < -0.39 is 0 Å². The molecule has 0 spiro atoms. The Kier molecular flexibility index (Phi) is 3.42. The molecule has 0 aliphatic carbocycles. The summed E-state index contributed by atoms with van der Waals surface area (Å²) in [4.78, 5) is 7.05. The highest BCUT2D eigenvalue weighted by atomic mass is 32.1. The molecule has 1 aliphatic rings. The van der Waals surface area contributed by atoms with E-state index in [1.54, 1.807) is 11.3 Å². The van der Waals surface area contributed by atoms with E-state index in [-0.39, 0.29) is 0 Å². The Labute approximate surface area is 124 Å². The number of nitrogen functional groups attached to an aromatic ring is 1. The van der Waals surface area contributed by atoms with Gasteiger partial charge in [-0.3, -0.25) is 0 Å². The first-order valence-electron chi connectivity index (χ1n) is 7.17. The molecule has 2 heterocycles. The number of aromatic nitrogens is 1. The zero-order chi connectivity index (χ0) is 14.3. The molecule has 3 nitrogen and oxygen atoms in total. The smallest absolute Gasteiger partial charge is 0.114 e. The molecule has 1 aromatic heterocycles. The highest BCUT2D eigenvalue weighted by molar-refractivity contribution is 7.16. The highest BCUT2D eigenvalue weighted by Crippen LogP contribution is 2.36. The Morgan fingerprint density at radius 1 is 1.35 bits per heavy atom. The molecule has 1 aromatic carbocycles. The van der Waals surface area contributed by atoms with E-state index in [0.29, 0.717) is 5.92 Å². The molecule has 0 saturated carbocycles. The molecule has 106 valence electrons. The third-order valence-electron chi connectivity index (χ3n) is 3.87. The summed E-state index contributed by atoms with van der Waals surface area (Å²) in [6.45, 7) is 5.45. The topological polar surface area (TPSA) is 42.2 Å². The standard InChI is InChI=1S/C16H21N3S/c1-10(2)16-18-14(15(17)20-16)12-6-7-13-11(9-12)5-4-8-19(13)3/h6-7,9-10H,4-5,8,17H2,1-3H3. The minimum absolute atomic E-state index is 0.430. The molecule has 0 saturated heterocycles. The highest BCUT2D eigenvalue weighted by Gasteiger charge is 2.17. The Morgan fingerprint density at radius 2 is 2.15 bits per heavy atom. The molecule has 0 radical (unpaired) electrons. The lowest BCUT2D eigenvalue weighted by atomic mass is 9.98. The van der Waals surface area contributed by atoms with E-state index in [4.69, 9.17) is 10.7 Å². The van der Waals surface area contributed by atoms with Crippen LogP contribution in [0.3, 0.4) is 0 Å². The minimum atomic E-state index is 0.430. The molecule has 0 unspecified atom stereocenters. The molecule has 1 aliphatic heterocycles. The lowest BCUT2D eigenvalue weighted by Gasteiger charge is -2.27. The van der Waals surface area contributed by atoms with Gasteiger partial charge in [-0.2, -0.15) is 0 Å². The van der Waals surface area contributed by atoms with Crippen molar-refractivity contribution in [3.05, 3.63) is 28.8 Å². The predicted octanol–water partition coefficient (Wildman–Crippen LogP) is 3.90. The maximum Gasteiger partial charge on any atom is 0.114 e. The number of benzene rings is 1. The number of fused-ring (bicyclic) bond motifs is 1. The van der Waals surface area contributed by atoms with E-state index in [9.17, 15) is 0 Å². The fraction of sp³-hybridized carbons (Fsp3) is 0.438. The number of hydrogen-bond donors (Lipinski definition) is 1. The van der Waals surface area contributed by atoms with Gasteiger partial charge >= 0.3 is 0 Å². The first-order chi connectivity index (χ1) is 9.56. The largest absolute Gasteiger partial charge is 0.389 e. The van der Waals surface area contributed by atoms with Gasteiger partial charge in [0.1, 0.15) is 10.7 Å². The van der Waals surface area contributed by atoms with Crippen LogP contribution in [-0.4, -0.2) is 18.6 Å². The van der Waals surface area contributed by atoms with Crippen molar-refractivity contribution in [2.24, 2.45) is 0 Å². The van der Waals surface area contributed by atoms with Gasteiger partial charge in [0, 0.05) is 30.8 Å². The molecule has 3 rings (SSSR count). The molecule has 0 fully saturated rings. The Bertz CT molecular complexity index is 631. The van der Waals surface area contributed by atoms with Gasteiger partial charge in [-0.25, -0.2) is 4.98 Å². The predicted molar refractivity (Wildman–Crippen MR) is 87.6 cm³/mol. The summed E-state index contributed by atoms with van der Waals surface area (Å²) in [5.41, 5.74) is 11.0. The second-order valence-electron chi connectivity index (χ2n) is 5.79. The lowest BCUT2D eigenvalue weighted by molar-refractivity contribution is 0.745. The van der Waals surface area contributed by atoms with Crippen molar-refractivity contribution in [1.29, 1.82) is 0 Å². The molecule has 0 bridgehead atoms. The monoisotopic (exact) mass is 287 g/mol. The van der Waals surface area contributed by atoms with Crippen LogP contribution in [0.15, 0.2) is 18.2 Å². The summed E-state index contributed by atoms with van der Waals surface area (Å²) < 4.78 is 0. The molecule has 2 aromatic rings. The summed E-state index contributed by atoms with van der Waals surface area (Å²) in [7, 11) is 2.16. The summed E-state index contributed by atoms with van der Waals surface area (Å²) in [5, 5.41) is 1.95. The summed E-state index contributed by atoms with van der Waals surface area (Å²) in [6.07, 6.45) is 2.37. The Hall–Kier alpha value is -1.55. The van der Waals surface area contributed by atoms with Crippen LogP contribution < -0.4 is 10.6 Å². The maximum atomic E-state index is 6.16. The maximum absolute atomic E-state index is 6.16. The average molecular weight is 287 g/mol. The average Bonchev–Trinajstić information content (AvgIpc) is 2.81. The van der Waals surface area contributed by atoms with Crippen LogP contribution in [-0.2, 0) is 6.42 Å². The number of hydrogen-bond acceptors (Lipinski definition) is 4. The van der Waals surface area contributed by atoms with Crippen molar-refractivity contribution in [2.75, 3.05) is 24.2 Å². The lowest BCUT2D eigenvalue weighted by Crippen LogP contribution is -2.24. The van der Waals surface area contributed by atoms with Crippen molar-refractivity contribution in [2.45, 2.75) is 32.6 Å². The fourth-order valence-corrected chi connectivity index (χ4v) is 3.59. The van der Waals surface area contributed by atoms with Crippen molar-refractivity contribution in [3.63, 3.8) is 0 Å². The van der Waals surface area contributed by atoms with E-state index in [1.165, 1.54) is 17.7 Å². The van der Waals surface area contributed by atoms with E-state index in [1.807, 2.05) is 0 Å². The number of nitrogens with zero attached hydrogens (tertiary/aromatic N) is 2. The van der Waals surface area contributed by atoms with Gasteiger partial charge in [0.25, 0.3) is 0 Å². The number of aryl methyl sites for hydroxylation is 1. The van der Waals surface area contributed by atoms with E-state index in [0.717, 1.165) is 34.2 Å². The van der Waals surface area contributed by atoms with Gasteiger partial charge in [0.05, 0.1) is 5.01 Å². The summed E-state index contributed by atoms with van der Waals surface area (Å²) in [6, 6.07) is 6.62. The van der Waals surface area contributed by atoms with Crippen molar-refractivity contribution >= 4 is 22.0 Å². The van der Waals surface area contributed by atoms with Gasteiger partial charge in [0.2, 0.25) is 0 Å². The Morgan fingerprint density at radius 3 is 2.85 bits per heavy atom. The molecule has 4 heteroatoms. The van der Waals surface area contributed by atoms with Crippen LogP contribution in [0.4, 0.5) is 10.7 Å². The van der Waals surface area contributed by atoms with Crippen LogP contribution in [0.1, 0.15) is 36.8 Å². The van der Waals surface area contributed by atoms with E-state index in [2.05, 4.69) is 44.0 Å². The second kappa shape index (κ2) is 5.09. The zero-order valence-corrected chi connectivity index (χ0v) is 13.1. The molecule has 0 amide bonds. The van der Waals surface area contributed by atoms with Gasteiger partial charge in [-0.15, -0.1) is 11.3 Å². The van der Waals surface area contributed by atoms with Gasteiger partial charge < -0.3 is 10.6 Å². The third kappa shape index (κ3) is 2.29. The third-order valence-corrected chi connectivity index (χ3v) is 5.05. The number of thiazole rings is 1. The number of rotatable bonds is 2. The molecule has 20 heavy (non-hydrogen) atoms. The fourth-order valence-electron chi connectivity index (χ4n) is 2.74. The molecular weight excluding hydrogens is 266 g/mol. The van der Waals surface area contributed by atoms with Crippen molar-refractivity contribution in [3.8, 4) is 11.3 Å². The van der Waals surface area contributed by atoms with Crippen molar-refractivity contribution in [1.82, 2.24) is 4.98 Å². The quantitative estimate of drug-likeness (QED) is 0.911. The first kappa shape index (κ1) is 13.4. The second-order valence-corrected chi connectivity index (χ2v) is 6.85. The SMILES string of the molecule is CC(C)c1nc(-c2ccc3c(c2)CCCN3C)c(N)s1. The molecular formula is C16H21N3S. The van der Waals surface area contributed by atoms with Crippen molar-refractivity contribution < 1.29 is 0 Å². The van der Waals surface area contributed by atoms with Crippen LogP contribution in [0.5, 0.6) is 0 Å². The van der Waals surface area contributed by atoms with Gasteiger partial charge in [-0.05, 0) is 30.5 Å². The zero-order valence-electron chi connectivity index (χ0n) is 12.3. The van der Waals surface area contributed by atoms with E-state index >= 15 is 0 Å². The number of anilines is 2. The molecule has 2 N–H and O–H groups in total. The van der Waals surface area contributed by atoms with Crippen LogP contribution in [0.25, 0.3) is 11.3 Å². The summed E-state index contributed by atoms with van der Waals surface area (Å²) >= 11 is 1.61. The van der Waals surface area contributed by atoms with Gasteiger partial charge in [-0.1, -0.05) is 19.9 Å². The molecule has 0 atom stereocenters.